The Kier molecular flexibility index (Phi) is 7.41. The molecular weight excluding hydrogens is 486 g/mol. The highest BCUT2D eigenvalue weighted by molar-refractivity contribution is 5.66. The molecule has 0 amide bonds. The Labute approximate surface area is 238 Å². The molecule has 11 unspecified atom stereocenters. The average Bonchev–Trinajstić information content (AvgIpc) is 3.25. The molecule has 39 heavy (non-hydrogen) atoms. The van der Waals surface area contributed by atoms with Gasteiger partial charge in [0.1, 0.15) is 0 Å². The number of hydrogen-bond donors (Lipinski definition) is 2. The van der Waals surface area contributed by atoms with Crippen LogP contribution in [0.4, 0.5) is 0 Å². The topological polar surface area (TPSA) is 67.8 Å². The summed E-state index contributed by atoms with van der Waals surface area (Å²) in [4.78, 5) is 11.9. The van der Waals surface area contributed by atoms with Crippen LogP contribution in [0.15, 0.2) is 0 Å². The maximum Gasteiger partial charge on any atom is 0.303 e. The number of rotatable bonds is 4. The molecule has 0 aromatic rings. The first kappa shape index (κ1) is 29.8. The molecule has 1 aliphatic heterocycles. The lowest BCUT2D eigenvalue weighted by Crippen LogP contribution is -2.57. The second-order valence-corrected chi connectivity index (χ2v) is 15.7. The molecule has 5 heteroatoms. The molecule has 6 rings (SSSR count). The lowest BCUT2D eigenvalue weighted by Gasteiger charge is -2.60. The number of ether oxygens (including phenoxy) is 2. The van der Waals surface area contributed by atoms with E-state index in [0.717, 1.165) is 42.9 Å². The van der Waals surface area contributed by atoms with Crippen molar-refractivity contribution in [1.82, 2.24) is 5.32 Å². The summed E-state index contributed by atoms with van der Waals surface area (Å²) in [6.45, 7) is 19.3. The highest BCUT2D eigenvalue weighted by atomic mass is 16.6. The van der Waals surface area contributed by atoms with E-state index in [9.17, 15) is 9.90 Å². The standard InChI is InChI=1S/C32H53NO4.C2H6/c1-18-31-16-15-30(7)21-9-11-23(27(29(5,6)35)36-19(2)34)37-24(21)17-22(30)20(31)10-12-25-28(3,4)26(33-8)13-14-32(18,25)31;1-2/h18,20-27,33,35H,9-17H2,1-8H3;1-2H3/t18-,20?,21?,22?,23?,24?,25?,26?,27?,30?,31?,32?;/m0./s1. The van der Waals surface area contributed by atoms with Gasteiger partial charge in [-0.15, -0.1) is 0 Å². The van der Waals surface area contributed by atoms with Crippen molar-refractivity contribution in [1.29, 1.82) is 0 Å². The van der Waals surface area contributed by atoms with Crippen LogP contribution in [0.1, 0.15) is 120 Å². The Hall–Kier alpha value is -0.650. The van der Waals surface area contributed by atoms with E-state index in [1.807, 2.05) is 13.8 Å². The van der Waals surface area contributed by atoms with Gasteiger partial charge in [-0.25, -0.2) is 0 Å². The third kappa shape index (κ3) is 3.90. The van der Waals surface area contributed by atoms with Gasteiger partial charge < -0.3 is 19.9 Å². The number of hydrogen-bond acceptors (Lipinski definition) is 5. The smallest absolute Gasteiger partial charge is 0.303 e. The zero-order valence-corrected chi connectivity index (χ0v) is 26.7. The Morgan fingerprint density at radius 2 is 1.64 bits per heavy atom. The minimum atomic E-state index is -1.12. The number of nitrogens with one attached hydrogen (secondary N) is 1. The molecule has 224 valence electrons. The highest BCUT2D eigenvalue weighted by Gasteiger charge is 2.84. The fraction of sp³-hybridized carbons (Fsp3) is 0.971. The first-order chi connectivity index (χ1) is 18.2. The Morgan fingerprint density at radius 3 is 2.26 bits per heavy atom. The van der Waals surface area contributed by atoms with E-state index in [2.05, 4.69) is 40.1 Å². The second-order valence-electron chi connectivity index (χ2n) is 15.7. The molecule has 5 saturated carbocycles. The molecule has 5 nitrogen and oxygen atoms in total. The van der Waals surface area contributed by atoms with Crippen molar-refractivity contribution < 1.29 is 19.4 Å². The average molecular weight is 546 g/mol. The minimum absolute atomic E-state index is 0.220. The van der Waals surface area contributed by atoms with E-state index >= 15 is 0 Å². The maximum absolute atomic E-state index is 11.9. The summed E-state index contributed by atoms with van der Waals surface area (Å²) < 4.78 is 12.5. The van der Waals surface area contributed by atoms with E-state index in [1.54, 1.807) is 13.8 Å². The molecular formula is C34H59NO4. The van der Waals surface area contributed by atoms with Gasteiger partial charge in [-0.3, -0.25) is 4.79 Å². The van der Waals surface area contributed by atoms with Crippen molar-refractivity contribution in [2.24, 2.45) is 51.2 Å². The van der Waals surface area contributed by atoms with Gasteiger partial charge in [0.2, 0.25) is 0 Å². The summed E-state index contributed by atoms with van der Waals surface area (Å²) in [6.07, 6.45) is 10.8. The number of carbonyl (C=O) groups excluding carboxylic acids is 1. The SMILES string of the molecule is CC.CNC1CCC23C(CCC4C5CC6OC(C(OC(C)=O)C(C)(C)O)CCC6C5(C)CCC42[C@@H]3C)C1(C)C. The molecule has 12 atom stereocenters. The molecule has 0 aromatic carbocycles. The molecule has 2 spiro atoms. The second kappa shape index (κ2) is 9.69. The summed E-state index contributed by atoms with van der Waals surface area (Å²) in [7, 11) is 2.17. The number of aliphatic hydroxyl groups is 1. The van der Waals surface area contributed by atoms with Crippen molar-refractivity contribution in [3.8, 4) is 0 Å². The van der Waals surface area contributed by atoms with Gasteiger partial charge in [0.05, 0.1) is 17.8 Å². The molecule has 0 bridgehead atoms. The van der Waals surface area contributed by atoms with Crippen LogP contribution >= 0.6 is 0 Å². The molecule has 1 heterocycles. The fourth-order valence-electron chi connectivity index (χ4n) is 12.6. The van der Waals surface area contributed by atoms with Crippen molar-refractivity contribution in [2.45, 2.75) is 150 Å². The summed E-state index contributed by atoms with van der Waals surface area (Å²) in [5.41, 5.74) is 0.684. The van der Waals surface area contributed by atoms with E-state index in [4.69, 9.17) is 9.47 Å². The molecule has 0 aromatic heterocycles. The van der Waals surface area contributed by atoms with E-state index < -0.39 is 11.7 Å². The maximum atomic E-state index is 11.9. The predicted octanol–water partition coefficient (Wildman–Crippen LogP) is 6.76. The van der Waals surface area contributed by atoms with Gasteiger partial charge in [0.15, 0.2) is 6.10 Å². The Morgan fingerprint density at radius 1 is 0.974 bits per heavy atom. The summed E-state index contributed by atoms with van der Waals surface area (Å²) in [5, 5.41) is 14.5. The third-order valence-corrected chi connectivity index (χ3v) is 14.0. The number of carbonyl (C=O) groups is 1. The molecule has 6 aliphatic rings. The van der Waals surface area contributed by atoms with Crippen LogP contribution in [0.2, 0.25) is 0 Å². The van der Waals surface area contributed by atoms with Gasteiger partial charge in [0.25, 0.3) is 0 Å². The lowest BCUT2D eigenvalue weighted by molar-refractivity contribution is -0.200. The number of esters is 1. The largest absolute Gasteiger partial charge is 0.457 e. The Balaban J connectivity index is 0.00000151. The summed E-state index contributed by atoms with van der Waals surface area (Å²) in [5.74, 6) is 3.49. The molecule has 6 fully saturated rings. The van der Waals surface area contributed by atoms with Gasteiger partial charge in [0, 0.05) is 13.0 Å². The summed E-state index contributed by atoms with van der Waals surface area (Å²) >= 11 is 0. The van der Waals surface area contributed by atoms with Crippen LogP contribution in [0.5, 0.6) is 0 Å². The molecule has 5 aliphatic carbocycles. The van der Waals surface area contributed by atoms with Crippen molar-refractivity contribution in [3.63, 3.8) is 0 Å². The van der Waals surface area contributed by atoms with Crippen LogP contribution in [-0.4, -0.2) is 48.1 Å². The van der Waals surface area contributed by atoms with Gasteiger partial charge in [-0.05, 0) is 130 Å². The zero-order valence-electron chi connectivity index (χ0n) is 26.7. The fourth-order valence-corrected chi connectivity index (χ4v) is 12.6. The normalized spacial score (nSPS) is 50.0. The molecule has 0 radical (unpaired) electrons. The summed E-state index contributed by atoms with van der Waals surface area (Å²) in [6, 6.07) is 0.638. The predicted molar refractivity (Wildman–Crippen MR) is 156 cm³/mol. The molecule has 1 saturated heterocycles. The number of fused-ring (bicyclic) bond motifs is 4. The van der Waals surface area contributed by atoms with Crippen LogP contribution in [0, 0.1) is 51.2 Å². The Bertz CT molecular complexity index is 942. The van der Waals surface area contributed by atoms with Crippen LogP contribution < -0.4 is 5.32 Å². The van der Waals surface area contributed by atoms with Crippen molar-refractivity contribution in [2.75, 3.05) is 7.05 Å². The van der Waals surface area contributed by atoms with E-state index in [-0.39, 0.29) is 18.2 Å². The van der Waals surface area contributed by atoms with Gasteiger partial charge in [-0.2, -0.15) is 0 Å². The first-order valence-corrected chi connectivity index (χ1v) is 16.5. The van der Waals surface area contributed by atoms with E-state index in [0.29, 0.717) is 33.6 Å². The van der Waals surface area contributed by atoms with Crippen LogP contribution in [0.25, 0.3) is 0 Å². The third-order valence-electron chi connectivity index (χ3n) is 14.0. The zero-order chi connectivity index (χ0) is 28.8. The lowest BCUT2D eigenvalue weighted by atomic mass is 9.46. The van der Waals surface area contributed by atoms with E-state index in [1.165, 1.54) is 45.4 Å². The van der Waals surface area contributed by atoms with Crippen LogP contribution in [-0.2, 0) is 14.3 Å². The van der Waals surface area contributed by atoms with Crippen molar-refractivity contribution >= 4 is 5.97 Å². The van der Waals surface area contributed by atoms with Crippen molar-refractivity contribution in [3.05, 3.63) is 0 Å². The van der Waals surface area contributed by atoms with Gasteiger partial charge in [-0.1, -0.05) is 41.5 Å². The highest BCUT2D eigenvalue weighted by Crippen LogP contribution is 2.89. The first-order valence-electron chi connectivity index (χ1n) is 16.5. The quantitative estimate of drug-likeness (QED) is 0.382. The monoisotopic (exact) mass is 545 g/mol. The minimum Gasteiger partial charge on any atom is -0.457 e. The molecule has 2 N–H and O–H groups in total. The van der Waals surface area contributed by atoms with Crippen LogP contribution in [0.3, 0.4) is 0 Å². The van der Waals surface area contributed by atoms with Gasteiger partial charge >= 0.3 is 5.97 Å².